The van der Waals surface area contributed by atoms with Crippen molar-refractivity contribution in [1.82, 2.24) is 0 Å². The molecule has 0 atom stereocenters. The van der Waals surface area contributed by atoms with Crippen LogP contribution in [0.25, 0.3) is 5.32 Å². The summed E-state index contributed by atoms with van der Waals surface area (Å²) in [5.41, 5.74) is 2.15. The molecule has 74 valence electrons. The average Bonchev–Trinajstić information content (AvgIpc) is 2.11. The van der Waals surface area contributed by atoms with Crippen molar-refractivity contribution >= 4 is 11.7 Å². The van der Waals surface area contributed by atoms with Gasteiger partial charge in [-0.3, -0.25) is 9.79 Å². The van der Waals surface area contributed by atoms with Gasteiger partial charge in [-0.25, -0.2) is 0 Å². The lowest BCUT2D eigenvalue weighted by Gasteiger charge is -2.19. The summed E-state index contributed by atoms with van der Waals surface area (Å²) in [5.74, 6) is -0.860. The highest BCUT2D eigenvalue weighted by Gasteiger charge is 2.06. The molecule has 1 N–H and O–H groups in total. The van der Waals surface area contributed by atoms with Gasteiger partial charge >= 0.3 is 5.97 Å². The van der Waals surface area contributed by atoms with Crippen molar-refractivity contribution in [3.05, 3.63) is 16.6 Å². The van der Waals surface area contributed by atoms with Crippen molar-refractivity contribution in [2.45, 2.75) is 20.3 Å². The molecule has 0 rings (SSSR count). The summed E-state index contributed by atoms with van der Waals surface area (Å²) in [6, 6.07) is 0. The molecule has 0 saturated heterocycles. The average molecular weight is 183 g/mol. The van der Waals surface area contributed by atoms with Gasteiger partial charge in [-0.2, -0.15) is 5.70 Å². The monoisotopic (exact) mass is 183 g/mol. The Balaban J connectivity index is 4.87. The van der Waals surface area contributed by atoms with Gasteiger partial charge in [0.1, 0.15) is 0 Å². The van der Waals surface area contributed by atoms with Crippen LogP contribution in [0.4, 0.5) is 0 Å². The molecule has 0 bridgehead atoms. The minimum Gasteiger partial charge on any atom is -0.690 e. The van der Waals surface area contributed by atoms with Gasteiger partial charge in [0.2, 0.25) is 0 Å². The van der Waals surface area contributed by atoms with Gasteiger partial charge in [0.25, 0.3) is 0 Å². The van der Waals surface area contributed by atoms with Crippen LogP contribution in [-0.4, -0.2) is 30.9 Å². The van der Waals surface area contributed by atoms with Crippen molar-refractivity contribution < 1.29 is 9.90 Å². The van der Waals surface area contributed by atoms with Gasteiger partial charge in [0, 0.05) is 12.8 Å². The molecular weight excluding hydrogens is 168 g/mol. The largest absolute Gasteiger partial charge is 0.690 e. The Morgan fingerprint density at radius 1 is 1.46 bits per heavy atom. The topological polar surface area (TPSA) is 63.8 Å². The summed E-state index contributed by atoms with van der Waals surface area (Å²) in [7, 11) is 3.28. The zero-order chi connectivity index (χ0) is 10.4. The van der Waals surface area contributed by atoms with Gasteiger partial charge < -0.3 is 10.4 Å². The number of nitrogens with zero attached hydrogens (tertiary/aromatic N) is 2. The first-order valence-electron chi connectivity index (χ1n) is 3.98. The third kappa shape index (κ3) is 3.73. The summed E-state index contributed by atoms with van der Waals surface area (Å²) in [4.78, 5) is 14.5. The van der Waals surface area contributed by atoms with E-state index in [1.807, 2.05) is 0 Å². The third-order valence-electron chi connectivity index (χ3n) is 1.87. The highest BCUT2D eigenvalue weighted by atomic mass is 16.4. The number of rotatable bonds is 4. The van der Waals surface area contributed by atoms with E-state index in [0.717, 1.165) is 11.4 Å². The highest BCUT2D eigenvalue weighted by Crippen LogP contribution is 2.14. The minimum absolute atomic E-state index is 0.0215. The lowest BCUT2D eigenvalue weighted by molar-refractivity contribution is -0.136. The third-order valence-corrected chi connectivity index (χ3v) is 1.87. The zero-order valence-electron chi connectivity index (χ0n) is 8.46. The van der Waals surface area contributed by atoms with Crippen LogP contribution in [0.3, 0.4) is 0 Å². The number of hydrogen-bond donors (Lipinski definition) is 1. The molecular formula is C9H15N2O2-. The molecule has 0 aromatic rings. The molecule has 0 saturated carbocycles. The first-order chi connectivity index (χ1) is 6.02. The van der Waals surface area contributed by atoms with E-state index < -0.39 is 5.97 Å². The Bertz CT molecular complexity index is 254. The van der Waals surface area contributed by atoms with Gasteiger partial charge in [-0.05, 0) is 12.5 Å². The van der Waals surface area contributed by atoms with Crippen molar-refractivity contribution in [1.29, 1.82) is 0 Å². The number of aliphatic imine (C=N–C) groups is 1. The molecule has 0 spiro atoms. The number of hydrogen-bond acceptors (Lipinski definition) is 2. The van der Waals surface area contributed by atoms with Crippen LogP contribution >= 0.6 is 0 Å². The van der Waals surface area contributed by atoms with Crippen LogP contribution in [-0.2, 0) is 4.79 Å². The smallest absolute Gasteiger partial charge is 0.307 e. The van der Waals surface area contributed by atoms with Gasteiger partial charge in [0.05, 0.1) is 6.42 Å². The van der Waals surface area contributed by atoms with E-state index in [9.17, 15) is 4.79 Å². The first kappa shape index (κ1) is 11.7. The second-order valence-corrected chi connectivity index (χ2v) is 2.67. The maximum atomic E-state index is 10.5. The number of aliphatic carboxylic acids is 1. The van der Waals surface area contributed by atoms with E-state index in [4.69, 9.17) is 5.11 Å². The first-order valence-corrected chi connectivity index (χ1v) is 3.98. The minimum atomic E-state index is -0.860. The SMILES string of the molecule is CN=C(C)/C(CC(=O)O)=C(/C)[N-]C. The molecule has 0 aliphatic heterocycles. The van der Waals surface area contributed by atoms with Crippen LogP contribution in [0.15, 0.2) is 16.3 Å². The van der Waals surface area contributed by atoms with Crippen LogP contribution < -0.4 is 0 Å². The number of carboxylic acids is 1. The molecule has 13 heavy (non-hydrogen) atoms. The van der Waals surface area contributed by atoms with Crippen molar-refractivity contribution in [2.75, 3.05) is 14.1 Å². The molecule has 0 aromatic carbocycles. The van der Waals surface area contributed by atoms with E-state index in [-0.39, 0.29) is 6.42 Å². The quantitative estimate of drug-likeness (QED) is 0.676. The van der Waals surface area contributed by atoms with Crippen LogP contribution in [0.1, 0.15) is 20.3 Å². The number of allylic oxidation sites excluding steroid dienone is 1. The molecule has 0 aliphatic rings. The number of carbonyl (C=O) groups is 1. The molecule has 0 amide bonds. The van der Waals surface area contributed by atoms with E-state index in [2.05, 4.69) is 10.3 Å². The maximum absolute atomic E-state index is 10.5. The fourth-order valence-corrected chi connectivity index (χ4v) is 0.939. The molecule has 0 fully saturated rings. The summed E-state index contributed by atoms with van der Waals surface area (Å²) in [6.45, 7) is 3.57. The molecule has 0 radical (unpaired) electrons. The fourth-order valence-electron chi connectivity index (χ4n) is 0.939. The van der Waals surface area contributed by atoms with E-state index in [1.165, 1.54) is 0 Å². The Labute approximate surface area is 78.4 Å². The Morgan fingerprint density at radius 2 is 2.00 bits per heavy atom. The number of carboxylic acid groups (broad SMARTS) is 1. The fraction of sp³-hybridized carbons (Fsp3) is 0.556. The summed E-state index contributed by atoms with van der Waals surface area (Å²) in [6.07, 6.45) is -0.0215. The van der Waals surface area contributed by atoms with Crippen LogP contribution in [0, 0.1) is 0 Å². The normalized spacial score (nSPS) is 13.7. The molecule has 0 aliphatic carbocycles. The van der Waals surface area contributed by atoms with Crippen LogP contribution in [0.2, 0.25) is 0 Å². The summed E-state index contributed by atoms with van der Waals surface area (Å²) in [5, 5.41) is 12.6. The second kappa shape index (κ2) is 5.35. The summed E-state index contributed by atoms with van der Waals surface area (Å²) < 4.78 is 0. The maximum Gasteiger partial charge on any atom is 0.307 e. The van der Waals surface area contributed by atoms with Gasteiger partial charge in [-0.1, -0.05) is 6.92 Å². The van der Waals surface area contributed by atoms with Crippen molar-refractivity contribution in [3.8, 4) is 0 Å². The molecule has 4 nitrogen and oxygen atoms in total. The van der Waals surface area contributed by atoms with E-state index in [0.29, 0.717) is 5.57 Å². The predicted octanol–water partition coefficient (Wildman–Crippen LogP) is 1.83. The predicted molar refractivity (Wildman–Crippen MR) is 53.3 cm³/mol. The zero-order valence-corrected chi connectivity index (χ0v) is 8.46. The van der Waals surface area contributed by atoms with Gasteiger partial charge in [0.15, 0.2) is 0 Å². The van der Waals surface area contributed by atoms with E-state index >= 15 is 0 Å². The Morgan fingerprint density at radius 3 is 2.31 bits per heavy atom. The van der Waals surface area contributed by atoms with E-state index in [1.54, 1.807) is 27.9 Å². The lowest BCUT2D eigenvalue weighted by Crippen LogP contribution is -2.06. The molecule has 0 heterocycles. The van der Waals surface area contributed by atoms with Crippen molar-refractivity contribution in [2.24, 2.45) is 4.99 Å². The highest BCUT2D eigenvalue weighted by molar-refractivity contribution is 6.02. The van der Waals surface area contributed by atoms with Crippen LogP contribution in [0.5, 0.6) is 0 Å². The molecule has 0 unspecified atom stereocenters. The standard InChI is InChI=1S/C9H16N2O2/c1-6(10-3)8(5-9(12)13)7(2)11-4/h5H2,1-4H3,(H2,10,11,12,13)/p-1. The molecule has 0 aromatic heterocycles. The Hall–Kier alpha value is -1.32. The Kier molecular flexibility index (Phi) is 4.80. The lowest BCUT2D eigenvalue weighted by atomic mass is 10.1. The molecule has 4 heteroatoms. The summed E-state index contributed by atoms with van der Waals surface area (Å²) >= 11 is 0. The second-order valence-electron chi connectivity index (χ2n) is 2.67. The van der Waals surface area contributed by atoms with Crippen molar-refractivity contribution in [3.63, 3.8) is 0 Å². The van der Waals surface area contributed by atoms with Gasteiger partial charge in [-0.15, -0.1) is 7.05 Å².